The number of halogens is 1. The largest absolute Gasteiger partial charge is 0.456 e. The lowest BCUT2D eigenvalue weighted by atomic mass is 9.82. The van der Waals surface area contributed by atoms with Gasteiger partial charge in [0.15, 0.2) is 0 Å². The fraction of sp³-hybridized carbons (Fsp3) is 0.310. The Bertz CT molecular complexity index is 1450. The summed E-state index contributed by atoms with van der Waals surface area (Å²) >= 11 is 3.48. The Hall–Kier alpha value is -3.12. The van der Waals surface area contributed by atoms with Crippen molar-refractivity contribution in [2.75, 3.05) is 18.4 Å². The van der Waals surface area contributed by atoms with Gasteiger partial charge in [0.2, 0.25) is 5.91 Å². The van der Waals surface area contributed by atoms with Crippen LogP contribution in [0.5, 0.6) is 0 Å². The number of amides is 2. The number of carbonyl (C=O) groups excluding carboxylic acids is 2. The summed E-state index contributed by atoms with van der Waals surface area (Å²) in [4.78, 5) is 28.3. The quantitative estimate of drug-likeness (QED) is 0.316. The van der Waals surface area contributed by atoms with E-state index in [9.17, 15) is 9.59 Å². The fourth-order valence-electron chi connectivity index (χ4n) is 6.10. The number of piperidine rings is 1. The molecule has 2 atom stereocenters. The number of nitrogens with one attached hydrogen (secondary N) is 1. The van der Waals surface area contributed by atoms with Gasteiger partial charge in [-0.2, -0.15) is 0 Å². The van der Waals surface area contributed by atoms with Gasteiger partial charge in [-0.25, -0.2) is 0 Å². The summed E-state index contributed by atoms with van der Waals surface area (Å²) in [6, 6.07) is 19.6. The Labute approximate surface area is 212 Å². The van der Waals surface area contributed by atoms with E-state index in [1.807, 2.05) is 72.5 Å². The van der Waals surface area contributed by atoms with Crippen LogP contribution in [0, 0.1) is 24.7 Å². The molecule has 1 N–H and O–H groups in total. The smallest absolute Gasteiger partial charge is 0.254 e. The minimum atomic E-state index is 0.0441. The van der Waals surface area contributed by atoms with Gasteiger partial charge in [0.1, 0.15) is 11.2 Å². The second-order valence-electron chi connectivity index (χ2n) is 9.99. The van der Waals surface area contributed by atoms with Gasteiger partial charge in [-0.1, -0.05) is 34.1 Å². The molecule has 6 rings (SSSR count). The monoisotopic (exact) mass is 530 g/mol. The van der Waals surface area contributed by atoms with Gasteiger partial charge < -0.3 is 14.6 Å². The number of hydrogen-bond donors (Lipinski definition) is 1. The number of anilines is 1. The number of furan rings is 1. The third-order valence-corrected chi connectivity index (χ3v) is 8.31. The molecule has 1 saturated heterocycles. The molecule has 5 nitrogen and oxygen atoms in total. The molecule has 3 aromatic carbocycles. The first-order valence-corrected chi connectivity index (χ1v) is 13.0. The van der Waals surface area contributed by atoms with Crippen LogP contribution < -0.4 is 5.32 Å². The molecule has 2 amide bonds. The van der Waals surface area contributed by atoms with Crippen LogP contribution in [0.15, 0.2) is 69.6 Å². The van der Waals surface area contributed by atoms with Crippen LogP contribution in [-0.4, -0.2) is 29.8 Å². The Kier molecular flexibility index (Phi) is 5.64. The second-order valence-corrected chi connectivity index (χ2v) is 10.9. The molecule has 1 aliphatic carbocycles. The number of rotatable bonds is 4. The summed E-state index contributed by atoms with van der Waals surface area (Å²) in [6.07, 6.45) is 2.66. The van der Waals surface area contributed by atoms with Crippen LogP contribution in [0.2, 0.25) is 0 Å². The van der Waals surface area contributed by atoms with Crippen molar-refractivity contribution in [2.24, 2.45) is 17.8 Å². The molecule has 1 aromatic heterocycles. The Balaban J connectivity index is 1.13. The highest BCUT2D eigenvalue weighted by Gasteiger charge is 2.44. The number of carbonyl (C=O) groups is 2. The maximum Gasteiger partial charge on any atom is 0.254 e. The topological polar surface area (TPSA) is 62.6 Å². The Morgan fingerprint density at radius 2 is 1.71 bits per heavy atom. The summed E-state index contributed by atoms with van der Waals surface area (Å²) in [5.74, 6) is 1.22. The molecule has 178 valence electrons. The first-order valence-electron chi connectivity index (χ1n) is 12.2. The second kappa shape index (κ2) is 8.83. The SMILES string of the molecule is Cc1cc(Br)ccc1C(=O)N1CC2CCC(C1)C2CC(=O)Nc1ccc2oc3ccccc3c2c1. The zero-order chi connectivity index (χ0) is 24.1. The van der Waals surface area contributed by atoms with Crippen molar-refractivity contribution in [3.8, 4) is 0 Å². The highest BCUT2D eigenvalue weighted by molar-refractivity contribution is 9.10. The van der Waals surface area contributed by atoms with Gasteiger partial charge >= 0.3 is 0 Å². The van der Waals surface area contributed by atoms with Crippen molar-refractivity contribution in [1.29, 1.82) is 0 Å². The van der Waals surface area contributed by atoms with E-state index in [4.69, 9.17) is 4.42 Å². The lowest BCUT2D eigenvalue weighted by molar-refractivity contribution is -0.118. The number of aryl methyl sites for hydroxylation is 1. The molecular weight excluding hydrogens is 504 g/mol. The van der Waals surface area contributed by atoms with E-state index in [0.29, 0.717) is 24.2 Å². The van der Waals surface area contributed by atoms with Crippen molar-refractivity contribution in [2.45, 2.75) is 26.2 Å². The summed E-state index contributed by atoms with van der Waals surface area (Å²) in [5.41, 5.74) is 4.22. The van der Waals surface area contributed by atoms with Crippen LogP contribution in [0.4, 0.5) is 5.69 Å². The summed E-state index contributed by atoms with van der Waals surface area (Å²) in [5, 5.41) is 5.17. The fourth-order valence-corrected chi connectivity index (χ4v) is 6.58. The zero-order valence-corrected chi connectivity index (χ0v) is 21.2. The standard InChI is InChI=1S/C29H27BrN2O3/c1-17-12-20(30)8-10-22(17)29(34)32-15-18-6-7-19(16-32)24(18)14-28(33)31-21-9-11-27-25(13-21)23-4-2-3-5-26(23)35-27/h2-5,8-13,18-19,24H,6-7,14-16H2,1H3,(H,31,33). The van der Waals surface area contributed by atoms with Crippen molar-refractivity contribution in [3.05, 3.63) is 76.3 Å². The average Bonchev–Trinajstić information content (AvgIpc) is 3.30. The van der Waals surface area contributed by atoms with E-state index in [-0.39, 0.29) is 11.8 Å². The lowest BCUT2D eigenvalue weighted by Gasteiger charge is -2.38. The van der Waals surface area contributed by atoms with Gasteiger partial charge in [-0.05, 0) is 85.5 Å². The molecule has 6 heteroatoms. The molecule has 0 radical (unpaired) electrons. The number of nitrogens with zero attached hydrogens (tertiary/aromatic N) is 1. The third kappa shape index (κ3) is 4.14. The number of para-hydroxylation sites is 1. The third-order valence-electron chi connectivity index (χ3n) is 7.82. The van der Waals surface area contributed by atoms with Crippen LogP contribution in [0.3, 0.4) is 0 Å². The summed E-state index contributed by atoms with van der Waals surface area (Å²) in [7, 11) is 0. The predicted molar refractivity (Wildman–Crippen MR) is 141 cm³/mol. The van der Waals surface area contributed by atoms with Gasteiger partial charge in [0.05, 0.1) is 0 Å². The zero-order valence-electron chi connectivity index (χ0n) is 19.6. The lowest BCUT2D eigenvalue weighted by Crippen LogP contribution is -2.46. The van der Waals surface area contributed by atoms with Gasteiger partial charge in [-0.15, -0.1) is 0 Å². The maximum atomic E-state index is 13.2. The summed E-state index contributed by atoms with van der Waals surface area (Å²) in [6.45, 7) is 3.44. The number of benzene rings is 3. The molecular formula is C29H27BrN2O3. The molecule has 0 spiro atoms. The highest BCUT2D eigenvalue weighted by atomic mass is 79.9. The Morgan fingerprint density at radius 3 is 2.49 bits per heavy atom. The minimum Gasteiger partial charge on any atom is -0.456 e. The van der Waals surface area contributed by atoms with Gasteiger partial charge in [0.25, 0.3) is 5.91 Å². The number of hydrogen-bond acceptors (Lipinski definition) is 3. The van der Waals surface area contributed by atoms with E-state index in [1.54, 1.807) is 0 Å². The van der Waals surface area contributed by atoms with E-state index in [1.165, 1.54) is 0 Å². The van der Waals surface area contributed by atoms with E-state index >= 15 is 0 Å². The van der Waals surface area contributed by atoms with E-state index in [2.05, 4.69) is 21.2 Å². The first kappa shape index (κ1) is 22.4. The van der Waals surface area contributed by atoms with Gasteiger partial charge in [-0.3, -0.25) is 9.59 Å². The average molecular weight is 531 g/mol. The molecule has 2 heterocycles. The molecule has 1 aliphatic heterocycles. The van der Waals surface area contributed by atoms with Crippen LogP contribution in [0.25, 0.3) is 21.9 Å². The van der Waals surface area contributed by atoms with E-state index in [0.717, 1.165) is 69.2 Å². The molecule has 2 unspecified atom stereocenters. The van der Waals surface area contributed by atoms with Crippen molar-refractivity contribution in [1.82, 2.24) is 4.90 Å². The molecule has 4 aromatic rings. The van der Waals surface area contributed by atoms with Gasteiger partial charge in [0, 0.05) is 46.0 Å². The van der Waals surface area contributed by atoms with Crippen LogP contribution in [-0.2, 0) is 4.79 Å². The minimum absolute atomic E-state index is 0.0441. The van der Waals surface area contributed by atoms with Crippen LogP contribution in [0.1, 0.15) is 35.2 Å². The highest BCUT2D eigenvalue weighted by Crippen LogP contribution is 2.44. The molecule has 2 fully saturated rings. The first-order chi connectivity index (χ1) is 17.0. The maximum absolute atomic E-state index is 13.2. The number of fused-ring (bicyclic) bond motifs is 5. The molecule has 35 heavy (non-hydrogen) atoms. The Morgan fingerprint density at radius 1 is 0.971 bits per heavy atom. The summed E-state index contributed by atoms with van der Waals surface area (Å²) < 4.78 is 6.88. The molecule has 1 saturated carbocycles. The normalized spacial score (nSPS) is 21.5. The van der Waals surface area contributed by atoms with Crippen molar-refractivity contribution < 1.29 is 14.0 Å². The van der Waals surface area contributed by atoms with Crippen molar-refractivity contribution in [3.63, 3.8) is 0 Å². The molecule has 2 aliphatic rings. The van der Waals surface area contributed by atoms with E-state index < -0.39 is 0 Å². The predicted octanol–water partition coefficient (Wildman–Crippen LogP) is 6.78. The molecule has 2 bridgehead atoms. The van der Waals surface area contributed by atoms with Crippen molar-refractivity contribution >= 4 is 55.4 Å². The number of likely N-dealkylation sites (tertiary alicyclic amines) is 1. The van der Waals surface area contributed by atoms with Crippen LogP contribution >= 0.6 is 15.9 Å².